The first-order valence-corrected chi connectivity index (χ1v) is 6.47. The van der Waals surface area contributed by atoms with E-state index < -0.39 is 11.5 Å². The van der Waals surface area contributed by atoms with Crippen molar-refractivity contribution in [1.29, 1.82) is 0 Å². The largest absolute Gasteiger partial charge is 0.480 e. The van der Waals surface area contributed by atoms with E-state index in [1.165, 1.54) is 6.42 Å². The average Bonchev–Trinajstić information content (AvgIpc) is 2.29. The SMILES string of the molecule is CCC(C)CN(C)C1(C(=O)O)CCCCC1. The van der Waals surface area contributed by atoms with Crippen molar-refractivity contribution < 1.29 is 9.90 Å². The lowest BCUT2D eigenvalue weighted by molar-refractivity contribution is -0.153. The molecule has 3 nitrogen and oxygen atoms in total. The summed E-state index contributed by atoms with van der Waals surface area (Å²) in [5, 5.41) is 9.50. The molecule has 1 fully saturated rings. The number of carbonyl (C=O) groups is 1. The summed E-state index contributed by atoms with van der Waals surface area (Å²) < 4.78 is 0. The average molecular weight is 227 g/mol. The molecule has 0 aliphatic heterocycles. The van der Waals surface area contributed by atoms with Crippen molar-refractivity contribution in [2.24, 2.45) is 5.92 Å². The lowest BCUT2D eigenvalue weighted by atomic mass is 9.80. The summed E-state index contributed by atoms with van der Waals surface area (Å²) in [4.78, 5) is 13.6. The predicted molar refractivity (Wildman–Crippen MR) is 65.5 cm³/mol. The fourth-order valence-electron chi connectivity index (χ4n) is 2.67. The van der Waals surface area contributed by atoms with Crippen LogP contribution < -0.4 is 0 Å². The second kappa shape index (κ2) is 5.67. The van der Waals surface area contributed by atoms with Gasteiger partial charge in [-0.3, -0.25) is 9.69 Å². The summed E-state index contributed by atoms with van der Waals surface area (Å²) in [5.74, 6) is -0.0545. The van der Waals surface area contributed by atoms with Gasteiger partial charge in [-0.25, -0.2) is 0 Å². The molecule has 1 aliphatic rings. The predicted octanol–water partition coefficient (Wildman–Crippen LogP) is 2.75. The lowest BCUT2D eigenvalue weighted by Gasteiger charge is -2.42. The number of hydrogen-bond donors (Lipinski definition) is 1. The Kier molecular flexibility index (Phi) is 4.78. The molecule has 1 N–H and O–H groups in total. The van der Waals surface area contributed by atoms with Crippen molar-refractivity contribution in [3.63, 3.8) is 0 Å². The van der Waals surface area contributed by atoms with Crippen LogP contribution >= 0.6 is 0 Å². The highest BCUT2D eigenvalue weighted by Gasteiger charge is 2.43. The van der Waals surface area contributed by atoms with Crippen LogP contribution in [-0.2, 0) is 4.79 Å². The summed E-state index contributed by atoms with van der Waals surface area (Å²) in [5.41, 5.74) is -0.582. The third-order valence-corrected chi connectivity index (χ3v) is 4.09. The van der Waals surface area contributed by atoms with E-state index in [0.717, 1.165) is 38.6 Å². The van der Waals surface area contributed by atoms with Crippen LogP contribution in [0.3, 0.4) is 0 Å². The Labute approximate surface area is 98.8 Å². The molecule has 1 unspecified atom stereocenters. The van der Waals surface area contributed by atoms with Gasteiger partial charge < -0.3 is 5.11 Å². The molecule has 0 radical (unpaired) electrons. The number of rotatable bonds is 5. The van der Waals surface area contributed by atoms with Crippen LogP contribution in [0.2, 0.25) is 0 Å². The van der Waals surface area contributed by atoms with Gasteiger partial charge in [0.15, 0.2) is 0 Å². The van der Waals surface area contributed by atoms with Crippen molar-refractivity contribution in [3.8, 4) is 0 Å². The highest BCUT2D eigenvalue weighted by molar-refractivity contribution is 5.78. The van der Waals surface area contributed by atoms with Crippen LogP contribution in [0.4, 0.5) is 0 Å². The van der Waals surface area contributed by atoms with E-state index in [2.05, 4.69) is 18.7 Å². The summed E-state index contributed by atoms with van der Waals surface area (Å²) in [7, 11) is 1.98. The van der Waals surface area contributed by atoms with Crippen molar-refractivity contribution in [2.45, 2.75) is 57.9 Å². The molecule has 1 aliphatic carbocycles. The zero-order valence-corrected chi connectivity index (χ0v) is 10.8. The van der Waals surface area contributed by atoms with E-state index in [1.807, 2.05) is 7.05 Å². The quantitative estimate of drug-likeness (QED) is 0.785. The van der Waals surface area contributed by atoms with Gasteiger partial charge in [-0.2, -0.15) is 0 Å². The smallest absolute Gasteiger partial charge is 0.324 e. The Morgan fingerprint density at radius 1 is 1.38 bits per heavy atom. The molecule has 0 amide bonds. The minimum Gasteiger partial charge on any atom is -0.480 e. The maximum Gasteiger partial charge on any atom is 0.324 e. The molecule has 0 aromatic carbocycles. The van der Waals surface area contributed by atoms with Crippen molar-refractivity contribution in [3.05, 3.63) is 0 Å². The fourth-order valence-corrected chi connectivity index (χ4v) is 2.67. The molecule has 94 valence electrons. The third kappa shape index (κ3) is 2.76. The highest BCUT2D eigenvalue weighted by Crippen LogP contribution is 2.33. The van der Waals surface area contributed by atoms with Gasteiger partial charge in [0, 0.05) is 6.54 Å². The van der Waals surface area contributed by atoms with E-state index in [0.29, 0.717) is 5.92 Å². The molecule has 0 aromatic rings. The van der Waals surface area contributed by atoms with Gasteiger partial charge in [0.2, 0.25) is 0 Å². The standard InChI is InChI=1S/C13H25NO2/c1-4-11(2)10-14(3)13(12(15)16)8-6-5-7-9-13/h11H,4-10H2,1-3H3,(H,15,16). The number of nitrogens with zero attached hydrogens (tertiary/aromatic N) is 1. The normalized spacial score (nSPS) is 22.0. The topological polar surface area (TPSA) is 40.5 Å². The third-order valence-electron chi connectivity index (χ3n) is 4.09. The van der Waals surface area contributed by atoms with E-state index in [-0.39, 0.29) is 0 Å². The Bertz CT molecular complexity index is 234. The molecule has 1 rings (SSSR count). The molecule has 16 heavy (non-hydrogen) atoms. The van der Waals surface area contributed by atoms with Crippen molar-refractivity contribution in [2.75, 3.05) is 13.6 Å². The highest BCUT2D eigenvalue weighted by atomic mass is 16.4. The molecule has 3 heteroatoms. The summed E-state index contributed by atoms with van der Waals surface area (Å²) in [6.07, 6.45) is 6.03. The summed E-state index contributed by atoms with van der Waals surface area (Å²) in [6, 6.07) is 0. The fraction of sp³-hybridized carbons (Fsp3) is 0.923. The molecule has 0 bridgehead atoms. The number of aliphatic carboxylic acids is 1. The first-order valence-electron chi connectivity index (χ1n) is 6.47. The zero-order valence-electron chi connectivity index (χ0n) is 10.8. The first-order chi connectivity index (χ1) is 7.53. The Morgan fingerprint density at radius 3 is 2.38 bits per heavy atom. The molecule has 1 atom stereocenters. The number of likely N-dealkylation sites (N-methyl/N-ethyl adjacent to an activating group) is 1. The monoisotopic (exact) mass is 227 g/mol. The molecular formula is C13H25NO2. The van der Waals surface area contributed by atoms with Gasteiger partial charge in [0.1, 0.15) is 5.54 Å². The van der Waals surface area contributed by atoms with Crippen LogP contribution in [0.5, 0.6) is 0 Å². The molecule has 0 aromatic heterocycles. The van der Waals surface area contributed by atoms with Crippen LogP contribution in [0, 0.1) is 5.92 Å². The summed E-state index contributed by atoms with van der Waals surface area (Å²) >= 11 is 0. The number of hydrogen-bond acceptors (Lipinski definition) is 2. The zero-order chi connectivity index (χ0) is 12.2. The number of carboxylic acid groups (broad SMARTS) is 1. The van der Waals surface area contributed by atoms with Gasteiger partial charge >= 0.3 is 5.97 Å². The van der Waals surface area contributed by atoms with Gasteiger partial charge in [-0.05, 0) is 25.8 Å². The van der Waals surface area contributed by atoms with Crippen LogP contribution in [0.25, 0.3) is 0 Å². The maximum atomic E-state index is 11.5. The minimum atomic E-state index is -0.627. The van der Waals surface area contributed by atoms with E-state index >= 15 is 0 Å². The molecule has 1 saturated carbocycles. The Balaban J connectivity index is 2.72. The summed E-state index contributed by atoms with van der Waals surface area (Å²) in [6.45, 7) is 5.24. The first kappa shape index (κ1) is 13.5. The second-order valence-electron chi connectivity index (χ2n) is 5.29. The molecule has 0 spiro atoms. The van der Waals surface area contributed by atoms with Gasteiger partial charge in [-0.15, -0.1) is 0 Å². The van der Waals surface area contributed by atoms with E-state index in [9.17, 15) is 9.90 Å². The van der Waals surface area contributed by atoms with Crippen LogP contribution in [0.1, 0.15) is 52.4 Å². The second-order valence-corrected chi connectivity index (χ2v) is 5.29. The van der Waals surface area contributed by atoms with Gasteiger partial charge in [0.05, 0.1) is 0 Å². The molecular weight excluding hydrogens is 202 g/mol. The molecule has 0 saturated heterocycles. The minimum absolute atomic E-state index is 0.572. The lowest BCUT2D eigenvalue weighted by Crippen LogP contribution is -2.55. The maximum absolute atomic E-state index is 11.5. The Morgan fingerprint density at radius 2 is 1.94 bits per heavy atom. The van der Waals surface area contributed by atoms with Crippen molar-refractivity contribution >= 4 is 5.97 Å². The van der Waals surface area contributed by atoms with Crippen molar-refractivity contribution in [1.82, 2.24) is 4.90 Å². The van der Waals surface area contributed by atoms with Crippen LogP contribution in [-0.4, -0.2) is 35.1 Å². The Hall–Kier alpha value is -0.570. The molecule has 0 heterocycles. The van der Waals surface area contributed by atoms with E-state index in [1.54, 1.807) is 0 Å². The van der Waals surface area contributed by atoms with Crippen LogP contribution in [0.15, 0.2) is 0 Å². The van der Waals surface area contributed by atoms with E-state index in [4.69, 9.17) is 0 Å². The number of carboxylic acids is 1. The van der Waals surface area contributed by atoms with Gasteiger partial charge in [0.25, 0.3) is 0 Å². The van der Waals surface area contributed by atoms with Gasteiger partial charge in [-0.1, -0.05) is 39.5 Å².